The maximum absolute atomic E-state index is 14.6. The highest BCUT2D eigenvalue weighted by atomic mass is 32.2. The normalized spacial score (nSPS) is 27.4. The Morgan fingerprint density at radius 1 is 0.944 bits per heavy atom. The third kappa shape index (κ3) is 2.24. The van der Waals surface area contributed by atoms with Crippen LogP contribution in [0.15, 0.2) is 72.8 Å². The maximum atomic E-state index is 14.6. The first-order valence-electron chi connectivity index (χ1n) is 11.6. The zero-order chi connectivity index (χ0) is 24.8. The topological polar surface area (TPSA) is 110 Å². The Labute approximate surface area is 209 Å². The van der Waals surface area contributed by atoms with Crippen LogP contribution < -0.4 is 5.32 Å². The van der Waals surface area contributed by atoms with Crippen LogP contribution in [-0.2, 0) is 10.3 Å². The van der Waals surface area contributed by atoms with Crippen molar-refractivity contribution in [2.24, 2.45) is 5.41 Å². The first-order valence-corrected chi connectivity index (χ1v) is 12.8. The maximum Gasteiger partial charge on any atom is 0.269 e. The number of nitrogens with zero attached hydrogens (tertiary/aromatic N) is 2. The van der Waals surface area contributed by atoms with Crippen LogP contribution in [0.5, 0.6) is 0 Å². The zero-order valence-corrected chi connectivity index (χ0v) is 19.7. The van der Waals surface area contributed by atoms with Crippen molar-refractivity contribution < 1.29 is 19.3 Å². The second-order valence-corrected chi connectivity index (χ2v) is 10.6. The number of amides is 1. The molecule has 3 atom stereocenters. The molecule has 1 aliphatic carbocycles. The van der Waals surface area contributed by atoms with E-state index in [2.05, 4.69) is 5.32 Å². The number of Topliss-reactive ketones (excluding diaryl/α,β-unsaturated/α-hetero) is 2. The second-order valence-electron chi connectivity index (χ2n) is 9.59. The molecule has 0 unspecified atom stereocenters. The smallest absolute Gasteiger partial charge is 0.269 e. The number of nitro benzene ring substituents is 1. The van der Waals surface area contributed by atoms with E-state index >= 15 is 0 Å². The number of benzene rings is 3. The minimum Gasteiger partial charge on any atom is -0.324 e. The van der Waals surface area contributed by atoms with E-state index in [4.69, 9.17) is 0 Å². The SMILES string of the molecule is O=C1c2ccccc2C(=O)C12[C@@H](c1ccccc1)[C@@H]1CSCN1[C@@]21C(=O)Nc2ccc([N+](=O)[O-])cc21. The first kappa shape index (κ1) is 21.5. The molecule has 0 aromatic heterocycles. The lowest BCUT2D eigenvalue weighted by Crippen LogP contribution is -2.60. The molecule has 3 aromatic carbocycles. The average molecular weight is 498 g/mol. The molecule has 7 rings (SSSR count). The van der Waals surface area contributed by atoms with Crippen molar-refractivity contribution in [1.82, 2.24) is 4.90 Å². The van der Waals surface area contributed by atoms with Crippen molar-refractivity contribution in [3.05, 3.63) is 105 Å². The fourth-order valence-electron chi connectivity index (χ4n) is 7.04. The zero-order valence-electron chi connectivity index (χ0n) is 18.8. The summed E-state index contributed by atoms with van der Waals surface area (Å²) in [4.78, 5) is 56.7. The molecule has 2 saturated heterocycles. The number of carbonyl (C=O) groups is 3. The number of nitro groups is 1. The molecule has 4 aliphatic rings. The number of anilines is 1. The molecule has 3 aromatic rings. The number of hydrogen-bond donors (Lipinski definition) is 1. The van der Waals surface area contributed by atoms with E-state index in [0.717, 1.165) is 5.56 Å². The molecule has 2 fully saturated rings. The number of fused-ring (bicyclic) bond motifs is 6. The van der Waals surface area contributed by atoms with Crippen LogP contribution in [0.4, 0.5) is 11.4 Å². The highest BCUT2D eigenvalue weighted by Crippen LogP contribution is 2.70. The van der Waals surface area contributed by atoms with Crippen LogP contribution in [0.1, 0.15) is 37.8 Å². The molecule has 8 nitrogen and oxygen atoms in total. The van der Waals surface area contributed by atoms with Crippen molar-refractivity contribution in [3.63, 3.8) is 0 Å². The van der Waals surface area contributed by atoms with E-state index in [1.54, 1.807) is 36.0 Å². The summed E-state index contributed by atoms with van der Waals surface area (Å²) >= 11 is 1.63. The summed E-state index contributed by atoms with van der Waals surface area (Å²) in [7, 11) is 0. The van der Waals surface area contributed by atoms with E-state index in [1.165, 1.54) is 18.2 Å². The Morgan fingerprint density at radius 2 is 1.61 bits per heavy atom. The molecular formula is C27H19N3O5S. The molecule has 0 radical (unpaired) electrons. The molecule has 0 saturated carbocycles. The summed E-state index contributed by atoms with van der Waals surface area (Å²) in [6.07, 6.45) is 0. The molecule has 1 N–H and O–H groups in total. The van der Waals surface area contributed by atoms with E-state index in [1.807, 2.05) is 35.2 Å². The van der Waals surface area contributed by atoms with Gasteiger partial charge in [0.2, 0.25) is 0 Å². The Morgan fingerprint density at radius 3 is 2.28 bits per heavy atom. The van der Waals surface area contributed by atoms with Gasteiger partial charge in [-0.05, 0) is 11.6 Å². The summed E-state index contributed by atoms with van der Waals surface area (Å²) in [5.41, 5.74) is -1.60. The van der Waals surface area contributed by atoms with Gasteiger partial charge in [0, 0.05) is 58.1 Å². The lowest BCUT2D eigenvalue weighted by atomic mass is 9.57. The van der Waals surface area contributed by atoms with E-state index in [9.17, 15) is 24.5 Å². The number of ketones is 2. The van der Waals surface area contributed by atoms with E-state index < -0.39 is 39.3 Å². The van der Waals surface area contributed by atoms with Crippen LogP contribution in [0.2, 0.25) is 0 Å². The number of nitrogens with one attached hydrogen (secondary N) is 1. The van der Waals surface area contributed by atoms with Crippen molar-refractivity contribution >= 4 is 40.6 Å². The van der Waals surface area contributed by atoms with Crippen molar-refractivity contribution in [2.45, 2.75) is 17.5 Å². The molecule has 2 spiro atoms. The van der Waals surface area contributed by atoms with Gasteiger partial charge in [-0.1, -0.05) is 54.6 Å². The highest BCUT2D eigenvalue weighted by molar-refractivity contribution is 7.99. The van der Waals surface area contributed by atoms with Gasteiger partial charge in [-0.15, -0.1) is 11.8 Å². The van der Waals surface area contributed by atoms with Gasteiger partial charge in [-0.2, -0.15) is 0 Å². The highest BCUT2D eigenvalue weighted by Gasteiger charge is 2.82. The fraction of sp³-hybridized carbons (Fsp3) is 0.222. The van der Waals surface area contributed by atoms with Crippen molar-refractivity contribution in [2.75, 3.05) is 16.9 Å². The Balaban J connectivity index is 1.63. The van der Waals surface area contributed by atoms with Gasteiger partial charge in [-0.3, -0.25) is 29.4 Å². The third-order valence-electron chi connectivity index (χ3n) is 8.24. The predicted octanol–water partition coefficient (Wildman–Crippen LogP) is 3.98. The number of carbonyl (C=O) groups excluding carboxylic acids is 3. The Hall–Kier alpha value is -3.82. The van der Waals surface area contributed by atoms with Crippen LogP contribution in [0.25, 0.3) is 0 Å². The van der Waals surface area contributed by atoms with Gasteiger partial charge in [0.1, 0.15) is 5.41 Å². The lowest BCUT2D eigenvalue weighted by Gasteiger charge is -2.42. The van der Waals surface area contributed by atoms with Crippen LogP contribution >= 0.6 is 11.8 Å². The van der Waals surface area contributed by atoms with Gasteiger partial charge in [0.15, 0.2) is 17.1 Å². The minimum absolute atomic E-state index is 0.193. The standard InChI is InChI=1S/C27H19N3O5S/c31-23-17-8-4-5-9-18(17)24(32)26(23)22(15-6-2-1-3-7-15)21-13-36-14-29(21)27(26)19-12-16(30(34)35)10-11-20(19)28-25(27)33/h1-12,21-22H,13-14H2,(H,28,33)/t21-,22-,27-/m0/s1. The monoisotopic (exact) mass is 497 g/mol. The van der Waals surface area contributed by atoms with E-state index in [0.29, 0.717) is 34.0 Å². The van der Waals surface area contributed by atoms with E-state index in [-0.39, 0.29) is 11.7 Å². The molecule has 36 heavy (non-hydrogen) atoms. The quantitative estimate of drug-likeness (QED) is 0.324. The van der Waals surface area contributed by atoms with Gasteiger partial charge < -0.3 is 5.32 Å². The van der Waals surface area contributed by atoms with Gasteiger partial charge in [0.05, 0.1) is 4.92 Å². The summed E-state index contributed by atoms with van der Waals surface area (Å²) in [5.74, 6) is -0.855. The summed E-state index contributed by atoms with van der Waals surface area (Å²) in [6.45, 7) is 0. The first-order chi connectivity index (χ1) is 17.4. The van der Waals surface area contributed by atoms with Crippen LogP contribution in [0, 0.1) is 15.5 Å². The second kappa shape index (κ2) is 7.11. The molecule has 178 valence electrons. The molecular weight excluding hydrogens is 478 g/mol. The summed E-state index contributed by atoms with van der Waals surface area (Å²) in [5, 5.41) is 14.7. The Bertz CT molecular complexity index is 1490. The number of thioether (sulfide) groups is 1. The largest absolute Gasteiger partial charge is 0.324 e. The average Bonchev–Trinajstić information content (AvgIpc) is 3.59. The summed E-state index contributed by atoms with van der Waals surface area (Å²) in [6, 6.07) is 20.0. The van der Waals surface area contributed by atoms with Crippen LogP contribution in [-0.4, -0.2) is 45.0 Å². The summed E-state index contributed by atoms with van der Waals surface area (Å²) < 4.78 is 0. The fourth-order valence-corrected chi connectivity index (χ4v) is 8.34. The van der Waals surface area contributed by atoms with Gasteiger partial charge >= 0.3 is 0 Å². The molecule has 1 amide bonds. The Kier molecular flexibility index (Phi) is 4.24. The van der Waals surface area contributed by atoms with Crippen molar-refractivity contribution in [3.8, 4) is 0 Å². The molecule has 0 bridgehead atoms. The molecule has 3 heterocycles. The number of hydrogen-bond acceptors (Lipinski definition) is 7. The minimum atomic E-state index is -1.80. The molecule has 9 heteroatoms. The van der Waals surface area contributed by atoms with Gasteiger partial charge in [0.25, 0.3) is 11.6 Å². The van der Waals surface area contributed by atoms with Gasteiger partial charge in [-0.25, -0.2) is 0 Å². The number of non-ortho nitro benzene ring substituents is 1. The van der Waals surface area contributed by atoms with Crippen molar-refractivity contribution in [1.29, 1.82) is 0 Å². The number of rotatable bonds is 2. The predicted molar refractivity (Wildman–Crippen MR) is 133 cm³/mol. The van der Waals surface area contributed by atoms with Crippen LogP contribution in [0.3, 0.4) is 0 Å². The third-order valence-corrected chi connectivity index (χ3v) is 9.28. The molecule has 3 aliphatic heterocycles. The lowest BCUT2D eigenvalue weighted by molar-refractivity contribution is -0.385.